The lowest BCUT2D eigenvalue weighted by Gasteiger charge is -2.01. The molecule has 1 aromatic carbocycles. The molecule has 18 heavy (non-hydrogen) atoms. The lowest BCUT2D eigenvalue weighted by molar-refractivity contribution is 0.636. The summed E-state index contributed by atoms with van der Waals surface area (Å²) in [4.78, 5) is 8.41. The summed E-state index contributed by atoms with van der Waals surface area (Å²) in [6, 6.07) is 6.09. The Morgan fingerprint density at radius 1 is 1.39 bits per heavy atom. The van der Waals surface area contributed by atoms with Crippen LogP contribution in [0.3, 0.4) is 0 Å². The number of rotatable bonds is 4. The van der Waals surface area contributed by atoms with Gasteiger partial charge >= 0.3 is 0 Å². The van der Waals surface area contributed by atoms with E-state index < -0.39 is 0 Å². The summed E-state index contributed by atoms with van der Waals surface area (Å²) in [6.45, 7) is 1.56. The maximum atomic E-state index is 4.51. The Kier molecular flexibility index (Phi) is 3.24. The highest BCUT2D eigenvalue weighted by Crippen LogP contribution is 2.28. The van der Waals surface area contributed by atoms with Crippen LogP contribution in [0, 0.1) is 0 Å². The zero-order chi connectivity index (χ0) is 12.4. The lowest BCUT2D eigenvalue weighted by Crippen LogP contribution is -2.10. The van der Waals surface area contributed by atoms with Gasteiger partial charge in [-0.15, -0.1) is 0 Å². The van der Waals surface area contributed by atoms with Gasteiger partial charge in [-0.25, -0.2) is 9.97 Å². The van der Waals surface area contributed by atoms with Gasteiger partial charge in [-0.3, -0.25) is 4.68 Å². The number of nitrogens with one attached hydrogen (secondary N) is 1. The highest BCUT2D eigenvalue weighted by molar-refractivity contribution is 9.10. The molecule has 0 saturated carbocycles. The highest BCUT2D eigenvalue weighted by atomic mass is 79.9. The van der Waals surface area contributed by atoms with Crippen LogP contribution in [0.15, 0.2) is 35.3 Å². The molecule has 0 spiro atoms. The van der Waals surface area contributed by atoms with Crippen LogP contribution in [0.25, 0.3) is 10.2 Å². The molecule has 2 heterocycles. The maximum absolute atomic E-state index is 4.51. The second-order valence-electron chi connectivity index (χ2n) is 3.72. The van der Waals surface area contributed by atoms with Gasteiger partial charge in [0, 0.05) is 11.0 Å². The van der Waals surface area contributed by atoms with Gasteiger partial charge in [0.15, 0.2) is 5.13 Å². The monoisotopic (exact) mass is 323 g/mol. The number of hydrogen-bond donors (Lipinski definition) is 1. The Bertz CT molecular complexity index is 649. The van der Waals surface area contributed by atoms with Crippen LogP contribution in [-0.4, -0.2) is 26.3 Å². The first-order chi connectivity index (χ1) is 8.81. The quantitative estimate of drug-likeness (QED) is 0.802. The van der Waals surface area contributed by atoms with E-state index >= 15 is 0 Å². The topological polar surface area (TPSA) is 55.6 Å². The molecule has 0 aliphatic carbocycles. The van der Waals surface area contributed by atoms with E-state index in [0.29, 0.717) is 0 Å². The zero-order valence-corrected chi connectivity index (χ0v) is 11.8. The number of anilines is 1. The number of benzene rings is 1. The molecule has 7 heteroatoms. The van der Waals surface area contributed by atoms with E-state index in [1.54, 1.807) is 22.3 Å². The number of hydrogen-bond acceptors (Lipinski definition) is 5. The predicted molar refractivity (Wildman–Crippen MR) is 75.8 cm³/mol. The van der Waals surface area contributed by atoms with Gasteiger partial charge in [0.1, 0.15) is 12.7 Å². The first-order valence-corrected chi connectivity index (χ1v) is 7.04. The van der Waals surface area contributed by atoms with Crippen molar-refractivity contribution in [2.24, 2.45) is 0 Å². The summed E-state index contributed by atoms with van der Waals surface area (Å²) >= 11 is 5.11. The summed E-state index contributed by atoms with van der Waals surface area (Å²) < 4.78 is 4.04. The molecule has 0 radical (unpaired) electrons. The van der Waals surface area contributed by atoms with Crippen molar-refractivity contribution in [3.05, 3.63) is 35.3 Å². The van der Waals surface area contributed by atoms with Gasteiger partial charge < -0.3 is 5.32 Å². The molecule has 3 aromatic rings. The molecule has 1 N–H and O–H groups in total. The van der Waals surface area contributed by atoms with Crippen LogP contribution in [0.4, 0.5) is 5.13 Å². The van der Waals surface area contributed by atoms with Crippen molar-refractivity contribution in [3.8, 4) is 0 Å². The standard InChI is InChI=1S/C11H10BrN5S/c12-8-1-2-9-10(5-8)18-11(16-9)14-3-4-17-7-13-6-15-17/h1-2,5-7H,3-4H2,(H,14,16). The second kappa shape index (κ2) is 5.03. The molecule has 0 amide bonds. The first kappa shape index (κ1) is 11.6. The Morgan fingerprint density at radius 2 is 2.33 bits per heavy atom. The Morgan fingerprint density at radius 3 is 3.17 bits per heavy atom. The molecule has 0 aliphatic rings. The van der Waals surface area contributed by atoms with Gasteiger partial charge in [-0.1, -0.05) is 27.3 Å². The van der Waals surface area contributed by atoms with Crippen LogP contribution < -0.4 is 5.32 Å². The largest absolute Gasteiger partial charge is 0.360 e. The lowest BCUT2D eigenvalue weighted by atomic mass is 10.3. The first-order valence-electron chi connectivity index (χ1n) is 5.44. The molecule has 0 bridgehead atoms. The second-order valence-corrected chi connectivity index (χ2v) is 5.66. The molecule has 2 aromatic heterocycles. The Labute approximate surface area is 116 Å². The van der Waals surface area contributed by atoms with Crippen LogP contribution in [-0.2, 0) is 6.54 Å². The molecular weight excluding hydrogens is 314 g/mol. The molecule has 0 aliphatic heterocycles. The minimum atomic E-state index is 0.777. The van der Waals surface area contributed by atoms with Gasteiger partial charge in [0.2, 0.25) is 0 Å². The van der Waals surface area contributed by atoms with Crippen LogP contribution >= 0.6 is 27.3 Å². The van der Waals surface area contributed by atoms with Crippen molar-refractivity contribution in [2.75, 3.05) is 11.9 Å². The summed E-state index contributed by atoms with van der Waals surface area (Å²) in [5.41, 5.74) is 1.02. The number of nitrogens with zero attached hydrogens (tertiary/aromatic N) is 4. The van der Waals surface area contributed by atoms with E-state index in [2.05, 4.69) is 42.4 Å². The summed E-state index contributed by atoms with van der Waals surface area (Å²) in [7, 11) is 0. The SMILES string of the molecule is Brc1ccc2nc(NCCn3cncn3)sc2c1. The van der Waals surface area contributed by atoms with E-state index in [1.807, 2.05) is 12.1 Å². The molecule has 0 atom stereocenters. The molecule has 0 unspecified atom stereocenters. The normalized spacial score (nSPS) is 10.9. The van der Waals surface area contributed by atoms with E-state index in [1.165, 1.54) is 11.0 Å². The van der Waals surface area contributed by atoms with E-state index in [9.17, 15) is 0 Å². The Balaban J connectivity index is 1.67. The molecule has 0 fully saturated rings. The third-order valence-electron chi connectivity index (χ3n) is 2.43. The third kappa shape index (κ3) is 2.51. The van der Waals surface area contributed by atoms with Crippen LogP contribution in [0.2, 0.25) is 0 Å². The third-order valence-corrected chi connectivity index (χ3v) is 3.90. The van der Waals surface area contributed by atoms with Crippen molar-refractivity contribution in [1.29, 1.82) is 0 Å². The molecule has 3 rings (SSSR count). The molecule has 0 saturated heterocycles. The maximum Gasteiger partial charge on any atom is 0.183 e. The molecular formula is C11H10BrN5S. The van der Waals surface area contributed by atoms with Crippen molar-refractivity contribution in [3.63, 3.8) is 0 Å². The fourth-order valence-electron chi connectivity index (χ4n) is 1.60. The van der Waals surface area contributed by atoms with Gasteiger partial charge in [0.25, 0.3) is 0 Å². The van der Waals surface area contributed by atoms with E-state index in [4.69, 9.17) is 0 Å². The van der Waals surface area contributed by atoms with Crippen molar-refractivity contribution < 1.29 is 0 Å². The van der Waals surface area contributed by atoms with Crippen molar-refractivity contribution >= 4 is 42.6 Å². The summed E-state index contributed by atoms with van der Waals surface area (Å²) in [5.74, 6) is 0. The van der Waals surface area contributed by atoms with Crippen molar-refractivity contribution in [1.82, 2.24) is 19.7 Å². The highest BCUT2D eigenvalue weighted by Gasteiger charge is 2.03. The van der Waals surface area contributed by atoms with E-state index in [0.717, 1.165) is 28.2 Å². The molecule has 92 valence electrons. The van der Waals surface area contributed by atoms with Crippen LogP contribution in [0.1, 0.15) is 0 Å². The van der Waals surface area contributed by atoms with Gasteiger partial charge in [0.05, 0.1) is 16.8 Å². The predicted octanol–water partition coefficient (Wildman–Crippen LogP) is 2.76. The number of aromatic nitrogens is 4. The fraction of sp³-hybridized carbons (Fsp3) is 0.182. The Hall–Kier alpha value is -1.47. The van der Waals surface area contributed by atoms with Gasteiger partial charge in [-0.2, -0.15) is 5.10 Å². The summed E-state index contributed by atoms with van der Waals surface area (Å²) in [5, 5.41) is 8.27. The average molecular weight is 324 g/mol. The zero-order valence-electron chi connectivity index (χ0n) is 9.38. The fourth-order valence-corrected chi connectivity index (χ4v) is 3.04. The number of thiazole rings is 1. The average Bonchev–Trinajstić information content (AvgIpc) is 2.97. The van der Waals surface area contributed by atoms with Crippen LogP contribution in [0.5, 0.6) is 0 Å². The van der Waals surface area contributed by atoms with Crippen molar-refractivity contribution in [2.45, 2.75) is 6.54 Å². The summed E-state index contributed by atoms with van der Waals surface area (Å²) in [6.07, 6.45) is 3.24. The number of halogens is 1. The van der Waals surface area contributed by atoms with E-state index in [-0.39, 0.29) is 0 Å². The van der Waals surface area contributed by atoms with Gasteiger partial charge in [-0.05, 0) is 18.2 Å². The minimum Gasteiger partial charge on any atom is -0.360 e. The number of fused-ring (bicyclic) bond motifs is 1. The smallest absolute Gasteiger partial charge is 0.183 e. The minimum absolute atomic E-state index is 0.777. The molecule has 5 nitrogen and oxygen atoms in total.